The van der Waals surface area contributed by atoms with E-state index in [2.05, 4.69) is 11.9 Å². The summed E-state index contributed by atoms with van der Waals surface area (Å²) in [5, 5.41) is 12.5. The fourth-order valence-electron chi connectivity index (χ4n) is 1.28. The smallest absolute Gasteiger partial charge is 0.379 e. The van der Waals surface area contributed by atoms with Gasteiger partial charge in [-0.15, -0.1) is 0 Å². The van der Waals surface area contributed by atoms with Crippen LogP contribution in [0.3, 0.4) is 0 Å². The van der Waals surface area contributed by atoms with E-state index in [1.807, 2.05) is 32.1 Å². The van der Waals surface area contributed by atoms with Gasteiger partial charge in [-0.25, -0.2) is 0 Å². The Labute approximate surface area is 112 Å². The van der Waals surface area contributed by atoms with E-state index in [1.54, 1.807) is 6.08 Å². The number of rotatable bonds is 7. The van der Waals surface area contributed by atoms with Crippen molar-refractivity contribution in [2.75, 3.05) is 13.2 Å². The standard InChI is InChI=1S/C12H22N2O.CHF3/c1-4-6-11(7-5-2)12(9-15)14-10(3)8-13;2-1(3)4/h4-7,10,12,14-15H,1,8-9,13H2,2-3H3;1H/b7-5-,11-6+;. The van der Waals surface area contributed by atoms with Crippen LogP contribution in [0.4, 0.5) is 13.2 Å². The first-order valence-corrected chi connectivity index (χ1v) is 5.87. The van der Waals surface area contributed by atoms with Gasteiger partial charge in [0, 0.05) is 12.6 Å². The van der Waals surface area contributed by atoms with Crippen LogP contribution in [0.5, 0.6) is 0 Å². The van der Waals surface area contributed by atoms with Gasteiger partial charge in [-0.05, 0) is 19.4 Å². The summed E-state index contributed by atoms with van der Waals surface area (Å²) in [6.45, 7) is 4.52. The first-order valence-electron chi connectivity index (χ1n) is 5.87. The second kappa shape index (κ2) is 13.3. The minimum atomic E-state index is -3.67. The molecule has 112 valence electrons. The number of nitrogens with two attached hydrogens (primary N) is 1. The van der Waals surface area contributed by atoms with Crippen molar-refractivity contribution in [2.24, 2.45) is 5.73 Å². The van der Waals surface area contributed by atoms with Crippen molar-refractivity contribution in [3.63, 3.8) is 0 Å². The van der Waals surface area contributed by atoms with Crippen LogP contribution in [0.25, 0.3) is 0 Å². The Morgan fingerprint density at radius 1 is 1.42 bits per heavy atom. The minimum Gasteiger partial charge on any atom is -0.394 e. The van der Waals surface area contributed by atoms with E-state index >= 15 is 0 Å². The minimum absolute atomic E-state index is 0.0500. The molecule has 0 amide bonds. The molecule has 6 heteroatoms. The predicted octanol–water partition coefficient (Wildman–Crippen LogP) is 2.15. The average Bonchev–Trinajstić information content (AvgIpc) is 2.34. The molecule has 0 saturated carbocycles. The third-order valence-electron chi connectivity index (χ3n) is 2.09. The van der Waals surface area contributed by atoms with Crippen molar-refractivity contribution in [2.45, 2.75) is 32.6 Å². The van der Waals surface area contributed by atoms with E-state index in [4.69, 9.17) is 5.73 Å². The van der Waals surface area contributed by atoms with Gasteiger partial charge in [0.2, 0.25) is 0 Å². The highest BCUT2D eigenvalue weighted by Crippen LogP contribution is 2.05. The summed E-state index contributed by atoms with van der Waals surface area (Å²) in [7, 11) is 0. The van der Waals surface area contributed by atoms with Crippen molar-refractivity contribution in [1.29, 1.82) is 0 Å². The molecule has 0 aromatic rings. The zero-order chi connectivity index (χ0) is 15.3. The molecule has 0 aliphatic rings. The van der Waals surface area contributed by atoms with Gasteiger partial charge < -0.3 is 16.2 Å². The van der Waals surface area contributed by atoms with E-state index in [0.29, 0.717) is 6.54 Å². The monoisotopic (exact) mass is 280 g/mol. The Balaban J connectivity index is 0. The number of hydrogen-bond acceptors (Lipinski definition) is 3. The lowest BCUT2D eigenvalue weighted by Gasteiger charge is -2.21. The van der Waals surface area contributed by atoms with Crippen LogP contribution in [0.2, 0.25) is 0 Å². The summed E-state index contributed by atoms with van der Waals surface area (Å²) in [5.74, 6) is 0. The van der Waals surface area contributed by atoms with E-state index in [0.717, 1.165) is 5.57 Å². The van der Waals surface area contributed by atoms with E-state index in [9.17, 15) is 18.3 Å². The SMILES string of the molecule is C=C/C=C(\C=C/C)C(CO)NC(C)CN.FC(F)F. The number of allylic oxidation sites excluding steroid dienone is 3. The molecule has 0 aliphatic heterocycles. The second-order valence-electron chi connectivity index (χ2n) is 3.69. The molecule has 0 aromatic heterocycles. The molecular formula is C13H23F3N2O. The highest BCUT2D eigenvalue weighted by atomic mass is 19.4. The predicted molar refractivity (Wildman–Crippen MR) is 72.7 cm³/mol. The molecular weight excluding hydrogens is 257 g/mol. The summed E-state index contributed by atoms with van der Waals surface area (Å²) in [6, 6.07) is 0.0957. The Morgan fingerprint density at radius 3 is 2.26 bits per heavy atom. The van der Waals surface area contributed by atoms with E-state index in [-0.39, 0.29) is 18.7 Å². The average molecular weight is 280 g/mol. The number of halogens is 3. The van der Waals surface area contributed by atoms with Gasteiger partial charge in [0.15, 0.2) is 0 Å². The van der Waals surface area contributed by atoms with E-state index in [1.165, 1.54) is 0 Å². The van der Waals surface area contributed by atoms with Crippen LogP contribution < -0.4 is 11.1 Å². The summed E-state index contributed by atoms with van der Waals surface area (Å²) < 4.78 is 29.0. The zero-order valence-corrected chi connectivity index (χ0v) is 11.3. The topological polar surface area (TPSA) is 58.3 Å². The molecule has 0 rings (SSSR count). The van der Waals surface area contributed by atoms with Gasteiger partial charge in [0.25, 0.3) is 0 Å². The third kappa shape index (κ3) is 13.1. The highest BCUT2D eigenvalue weighted by molar-refractivity contribution is 5.28. The molecule has 0 fully saturated rings. The van der Waals surface area contributed by atoms with Gasteiger partial charge in [0.05, 0.1) is 12.6 Å². The first-order chi connectivity index (χ1) is 8.92. The number of alkyl halides is 3. The maximum absolute atomic E-state index is 9.67. The van der Waals surface area contributed by atoms with Gasteiger partial charge >= 0.3 is 6.68 Å². The number of aliphatic hydroxyl groups is 1. The second-order valence-corrected chi connectivity index (χ2v) is 3.69. The molecule has 0 spiro atoms. The van der Waals surface area contributed by atoms with E-state index < -0.39 is 6.68 Å². The molecule has 4 N–H and O–H groups in total. The molecule has 0 saturated heterocycles. The Hall–Kier alpha value is -1.11. The maximum Gasteiger partial charge on any atom is 0.379 e. The van der Waals surface area contributed by atoms with Crippen LogP contribution in [-0.2, 0) is 0 Å². The van der Waals surface area contributed by atoms with Crippen LogP contribution in [0, 0.1) is 0 Å². The molecule has 0 radical (unpaired) electrons. The molecule has 3 nitrogen and oxygen atoms in total. The first kappa shape index (κ1) is 20.2. The summed E-state index contributed by atoms with van der Waals surface area (Å²) in [4.78, 5) is 0. The fourth-order valence-corrected chi connectivity index (χ4v) is 1.28. The Morgan fingerprint density at radius 2 is 1.95 bits per heavy atom. The highest BCUT2D eigenvalue weighted by Gasteiger charge is 2.12. The van der Waals surface area contributed by atoms with Gasteiger partial charge in [-0.3, -0.25) is 0 Å². The van der Waals surface area contributed by atoms with Crippen molar-refractivity contribution in [3.05, 3.63) is 36.5 Å². The summed E-state index contributed by atoms with van der Waals surface area (Å²) in [6.07, 6.45) is 7.50. The van der Waals surface area contributed by atoms with Crippen LogP contribution >= 0.6 is 0 Å². The van der Waals surface area contributed by atoms with Gasteiger partial charge in [-0.2, -0.15) is 13.2 Å². The zero-order valence-electron chi connectivity index (χ0n) is 11.3. The van der Waals surface area contributed by atoms with Gasteiger partial charge in [-0.1, -0.05) is 30.9 Å². The Bertz CT molecular complexity index is 278. The lowest BCUT2D eigenvalue weighted by atomic mass is 10.1. The molecule has 2 unspecified atom stereocenters. The van der Waals surface area contributed by atoms with Gasteiger partial charge in [0.1, 0.15) is 0 Å². The maximum atomic E-state index is 9.67. The van der Waals surface area contributed by atoms with Crippen LogP contribution in [-0.4, -0.2) is 37.0 Å². The molecule has 0 heterocycles. The summed E-state index contributed by atoms with van der Waals surface area (Å²) >= 11 is 0. The molecule has 19 heavy (non-hydrogen) atoms. The number of aliphatic hydroxyl groups excluding tert-OH is 1. The normalized spacial score (nSPS) is 15.1. The summed E-state index contributed by atoms with van der Waals surface area (Å²) in [5.41, 5.74) is 6.53. The molecule has 0 aliphatic carbocycles. The lowest BCUT2D eigenvalue weighted by Crippen LogP contribution is -2.43. The van der Waals surface area contributed by atoms with Crippen LogP contribution in [0.15, 0.2) is 36.5 Å². The Kier molecular flexibility index (Phi) is 14.2. The molecule has 0 bridgehead atoms. The third-order valence-corrected chi connectivity index (χ3v) is 2.09. The van der Waals surface area contributed by atoms with Crippen molar-refractivity contribution >= 4 is 0 Å². The van der Waals surface area contributed by atoms with Crippen molar-refractivity contribution in [1.82, 2.24) is 5.32 Å². The fraction of sp³-hybridized carbons (Fsp3) is 0.538. The molecule has 0 aromatic carbocycles. The van der Waals surface area contributed by atoms with Crippen molar-refractivity contribution < 1.29 is 18.3 Å². The largest absolute Gasteiger partial charge is 0.394 e. The number of nitrogens with one attached hydrogen (secondary N) is 1. The van der Waals surface area contributed by atoms with Crippen LogP contribution in [0.1, 0.15) is 13.8 Å². The van der Waals surface area contributed by atoms with Crippen molar-refractivity contribution in [3.8, 4) is 0 Å². The molecule has 2 atom stereocenters. The lowest BCUT2D eigenvalue weighted by molar-refractivity contribution is 0.00819. The quantitative estimate of drug-likeness (QED) is 0.626. The number of hydrogen-bond donors (Lipinski definition) is 3.